The summed E-state index contributed by atoms with van der Waals surface area (Å²) in [6.07, 6.45) is 2.02. The van der Waals surface area contributed by atoms with E-state index in [0.29, 0.717) is 10.9 Å². The summed E-state index contributed by atoms with van der Waals surface area (Å²) in [6.45, 7) is 6.00. The molecule has 0 unspecified atom stereocenters. The predicted octanol–water partition coefficient (Wildman–Crippen LogP) is 3.56. The van der Waals surface area contributed by atoms with Crippen LogP contribution in [-0.2, 0) is 0 Å². The molecule has 0 aliphatic carbocycles. The van der Waals surface area contributed by atoms with Crippen LogP contribution in [0.1, 0.15) is 37.0 Å². The third kappa shape index (κ3) is 2.90. The first kappa shape index (κ1) is 14.3. The number of nitrogens with zero attached hydrogens (tertiary/aromatic N) is 2. The summed E-state index contributed by atoms with van der Waals surface area (Å²) >= 11 is 0. The number of carboxylic acids is 1. The van der Waals surface area contributed by atoms with Crippen LogP contribution >= 0.6 is 0 Å². The van der Waals surface area contributed by atoms with Gasteiger partial charge in [-0.2, -0.15) is 0 Å². The van der Waals surface area contributed by atoms with E-state index >= 15 is 0 Å². The molecule has 1 N–H and O–H groups in total. The molecule has 106 valence electrons. The average Bonchev–Trinajstić information content (AvgIpc) is 2.45. The van der Waals surface area contributed by atoms with Crippen LogP contribution in [0, 0.1) is 0 Å². The lowest BCUT2D eigenvalue weighted by atomic mass is 10.1. The largest absolute Gasteiger partial charge is 0.478 e. The molecule has 20 heavy (non-hydrogen) atoms. The molecule has 0 spiro atoms. The summed E-state index contributed by atoms with van der Waals surface area (Å²) in [4.78, 5) is 18.2. The van der Waals surface area contributed by atoms with E-state index in [9.17, 15) is 9.90 Å². The zero-order valence-electron chi connectivity index (χ0n) is 12.0. The molecule has 2 aromatic rings. The SMILES string of the molecule is CCCN(CCC)c1cc(C(=O)O)c2ccccc2n1. The fraction of sp³-hybridized carbons (Fsp3) is 0.375. The van der Waals surface area contributed by atoms with Crippen molar-refractivity contribution in [1.29, 1.82) is 0 Å². The van der Waals surface area contributed by atoms with E-state index in [2.05, 4.69) is 23.7 Å². The summed E-state index contributed by atoms with van der Waals surface area (Å²) in [5.41, 5.74) is 1.06. The van der Waals surface area contributed by atoms with Gasteiger partial charge in [-0.3, -0.25) is 0 Å². The lowest BCUT2D eigenvalue weighted by Crippen LogP contribution is -2.26. The van der Waals surface area contributed by atoms with Crippen molar-refractivity contribution in [3.8, 4) is 0 Å². The Morgan fingerprint density at radius 3 is 2.45 bits per heavy atom. The Kier molecular flexibility index (Phi) is 4.56. The monoisotopic (exact) mass is 272 g/mol. The third-order valence-electron chi connectivity index (χ3n) is 3.24. The second kappa shape index (κ2) is 6.37. The molecule has 4 nitrogen and oxygen atoms in total. The molecular weight excluding hydrogens is 252 g/mol. The summed E-state index contributed by atoms with van der Waals surface area (Å²) in [7, 11) is 0. The summed E-state index contributed by atoms with van der Waals surface area (Å²) in [6, 6.07) is 9.08. The Bertz CT molecular complexity index is 604. The van der Waals surface area contributed by atoms with Crippen LogP contribution in [-0.4, -0.2) is 29.1 Å². The molecule has 1 aromatic carbocycles. The van der Waals surface area contributed by atoms with E-state index in [4.69, 9.17) is 0 Å². The summed E-state index contributed by atoms with van der Waals surface area (Å²) < 4.78 is 0. The minimum atomic E-state index is -0.905. The molecule has 0 saturated carbocycles. The van der Waals surface area contributed by atoms with Crippen LogP contribution in [0.15, 0.2) is 30.3 Å². The van der Waals surface area contributed by atoms with Gasteiger partial charge in [-0.15, -0.1) is 0 Å². The van der Waals surface area contributed by atoms with Gasteiger partial charge >= 0.3 is 5.97 Å². The molecular formula is C16H20N2O2. The van der Waals surface area contributed by atoms with E-state index < -0.39 is 5.97 Å². The van der Waals surface area contributed by atoms with E-state index in [1.165, 1.54) is 0 Å². The Labute approximate surface area is 119 Å². The van der Waals surface area contributed by atoms with Gasteiger partial charge in [0, 0.05) is 18.5 Å². The quantitative estimate of drug-likeness (QED) is 0.873. The average molecular weight is 272 g/mol. The molecule has 0 radical (unpaired) electrons. The number of rotatable bonds is 6. The number of benzene rings is 1. The number of anilines is 1. The van der Waals surface area contributed by atoms with Crippen molar-refractivity contribution >= 4 is 22.7 Å². The standard InChI is InChI=1S/C16H20N2O2/c1-3-9-18(10-4-2)15-11-13(16(19)20)12-7-5-6-8-14(12)17-15/h5-8,11H,3-4,9-10H2,1-2H3,(H,19,20). The van der Waals surface area contributed by atoms with Gasteiger partial charge in [-0.25, -0.2) is 9.78 Å². The van der Waals surface area contributed by atoms with Gasteiger partial charge in [-0.05, 0) is 25.0 Å². The Balaban J connectivity index is 2.56. The third-order valence-corrected chi connectivity index (χ3v) is 3.24. The molecule has 0 amide bonds. The highest BCUT2D eigenvalue weighted by molar-refractivity contribution is 6.03. The van der Waals surface area contributed by atoms with Gasteiger partial charge in [-0.1, -0.05) is 32.0 Å². The van der Waals surface area contributed by atoms with Gasteiger partial charge < -0.3 is 10.0 Å². The second-order valence-corrected chi connectivity index (χ2v) is 4.84. The van der Waals surface area contributed by atoms with Gasteiger partial charge in [0.05, 0.1) is 11.1 Å². The maximum atomic E-state index is 11.5. The first-order valence-corrected chi connectivity index (χ1v) is 7.05. The van der Waals surface area contributed by atoms with Crippen LogP contribution in [0.5, 0.6) is 0 Å². The lowest BCUT2D eigenvalue weighted by Gasteiger charge is -2.23. The van der Waals surface area contributed by atoms with Crippen LogP contribution in [0.3, 0.4) is 0 Å². The number of carboxylic acid groups (broad SMARTS) is 1. The highest BCUT2D eigenvalue weighted by Gasteiger charge is 2.14. The first-order valence-electron chi connectivity index (χ1n) is 7.05. The maximum absolute atomic E-state index is 11.5. The van der Waals surface area contributed by atoms with E-state index in [1.807, 2.05) is 18.2 Å². The molecule has 2 rings (SSSR count). The zero-order chi connectivity index (χ0) is 14.5. The summed E-state index contributed by atoms with van der Waals surface area (Å²) in [5, 5.41) is 10.1. The smallest absolute Gasteiger partial charge is 0.336 e. The van der Waals surface area contributed by atoms with Crippen molar-refractivity contribution < 1.29 is 9.90 Å². The van der Waals surface area contributed by atoms with Crippen LogP contribution < -0.4 is 4.90 Å². The molecule has 4 heteroatoms. The Morgan fingerprint density at radius 2 is 1.85 bits per heavy atom. The minimum absolute atomic E-state index is 0.322. The number of para-hydroxylation sites is 1. The maximum Gasteiger partial charge on any atom is 0.336 e. The van der Waals surface area contributed by atoms with Gasteiger partial charge in [0.25, 0.3) is 0 Å². The van der Waals surface area contributed by atoms with E-state index in [-0.39, 0.29) is 0 Å². The van der Waals surface area contributed by atoms with Crippen molar-refractivity contribution in [2.45, 2.75) is 26.7 Å². The number of hydrogen-bond acceptors (Lipinski definition) is 3. The molecule has 0 fully saturated rings. The molecule has 0 saturated heterocycles. The summed E-state index contributed by atoms with van der Waals surface area (Å²) in [5.74, 6) is -0.150. The number of aromatic carboxylic acids is 1. The molecule has 0 bridgehead atoms. The fourth-order valence-corrected chi connectivity index (χ4v) is 2.38. The molecule has 0 aliphatic rings. The molecule has 1 heterocycles. The number of aromatic nitrogens is 1. The minimum Gasteiger partial charge on any atom is -0.478 e. The normalized spacial score (nSPS) is 10.7. The lowest BCUT2D eigenvalue weighted by molar-refractivity contribution is 0.0699. The predicted molar refractivity (Wildman–Crippen MR) is 81.5 cm³/mol. The number of pyridine rings is 1. The number of hydrogen-bond donors (Lipinski definition) is 1. The highest BCUT2D eigenvalue weighted by Crippen LogP contribution is 2.23. The zero-order valence-corrected chi connectivity index (χ0v) is 12.0. The van der Waals surface area contributed by atoms with Crippen LogP contribution in [0.4, 0.5) is 5.82 Å². The Morgan fingerprint density at radius 1 is 1.20 bits per heavy atom. The molecule has 0 atom stereocenters. The van der Waals surface area contributed by atoms with Crippen molar-refractivity contribution in [2.24, 2.45) is 0 Å². The highest BCUT2D eigenvalue weighted by atomic mass is 16.4. The van der Waals surface area contributed by atoms with Gasteiger partial charge in [0.15, 0.2) is 0 Å². The van der Waals surface area contributed by atoms with Crippen molar-refractivity contribution in [2.75, 3.05) is 18.0 Å². The van der Waals surface area contributed by atoms with Crippen LogP contribution in [0.2, 0.25) is 0 Å². The van der Waals surface area contributed by atoms with Crippen LogP contribution in [0.25, 0.3) is 10.9 Å². The number of carbonyl (C=O) groups is 1. The van der Waals surface area contributed by atoms with Gasteiger partial charge in [0.2, 0.25) is 0 Å². The fourth-order valence-electron chi connectivity index (χ4n) is 2.38. The van der Waals surface area contributed by atoms with Crippen molar-refractivity contribution in [3.63, 3.8) is 0 Å². The van der Waals surface area contributed by atoms with Crippen molar-refractivity contribution in [1.82, 2.24) is 4.98 Å². The van der Waals surface area contributed by atoms with Crippen molar-refractivity contribution in [3.05, 3.63) is 35.9 Å². The molecule has 0 aliphatic heterocycles. The Hall–Kier alpha value is -2.10. The molecule has 1 aromatic heterocycles. The second-order valence-electron chi connectivity index (χ2n) is 4.84. The first-order chi connectivity index (χ1) is 9.67. The topological polar surface area (TPSA) is 53.4 Å². The number of fused-ring (bicyclic) bond motifs is 1. The van der Waals surface area contributed by atoms with E-state index in [0.717, 1.165) is 37.3 Å². The van der Waals surface area contributed by atoms with Gasteiger partial charge in [0.1, 0.15) is 5.82 Å². The van der Waals surface area contributed by atoms with E-state index in [1.54, 1.807) is 12.1 Å².